The van der Waals surface area contributed by atoms with Gasteiger partial charge in [0.25, 0.3) is 0 Å². The highest BCUT2D eigenvalue weighted by Crippen LogP contribution is 2.38. The molecule has 0 unspecified atom stereocenters. The highest BCUT2D eigenvalue weighted by atomic mass is 32.2. The molecular weight excluding hydrogens is 336 g/mol. The number of phenolic OH excluding ortho intramolecular Hbond substituents is 2. The molecule has 7 nitrogen and oxygen atoms in total. The third-order valence-corrected chi connectivity index (χ3v) is 4.90. The van der Waals surface area contributed by atoms with E-state index in [-0.39, 0.29) is 4.90 Å². The summed E-state index contributed by atoms with van der Waals surface area (Å²) in [5.74, 6) is -3.72. The lowest BCUT2D eigenvalue weighted by atomic mass is 10.1. The van der Waals surface area contributed by atoms with Crippen LogP contribution < -0.4 is 4.18 Å². The number of hydrogen-bond donors (Lipinski definition) is 3. The Morgan fingerprint density at radius 2 is 1.54 bits per heavy atom. The van der Waals surface area contributed by atoms with E-state index in [1.807, 2.05) is 6.92 Å². The number of aromatic carboxylic acids is 1. The molecule has 128 valence electrons. The van der Waals surface area contributed by atoms with Crippen LogP contribution in [0.3, 0.4) is 0 Å². The van der Waals surface area contributed by atoms with Crippen molar-refractivity contribution >= 4 is 16.1 Å². The Bertz CT molecular complexity index is 907. The van der Waals surface area contributed by atoms with Crippen molar-refractivity contribution in [3.05, 3.63) is 46.5 Å². The fourth-order valence-corrected chi connectivity index (χ4v) is 3.85. The predicted octanol–water partition coefficient (Wildman–Crippen LogP) is 2.49. The van der Waals surface area contributed by atoms with Crippen LogP contribution in [0.2, 0.25) is 0 Å². The van der Waals surface area contributed by atoms with E-state index in [1.54, 1.807) is 26.0 Å². The number of carboxylic acids is 1. The van der Waals surface area contributed by atoms with Crippen molar-refractivity contribution in [1.82, 2.24) is 0 Å². The Labute approximate surface area is 138 Å². The predicted molar refractivity (Wildman–Crippen MR) is 85.2 cm³/mol. The Morgan fingerprint density at radius 3 is 2.04 bits per heavy atom. The highest BCUT2D eigenvalue weighted by Gasteiger charge is 2.25. The molecule has 2 rings (SSSR count). The first-order chi connectivity index (χ1) is 11.0. The highest BCUT2D eigenvalue weighted by molar-refractivity contribution is 7.87. The Morgan fingerprint density at radius 1 is 1.00 bits per heavy atom. The lowest BCUT2D eigenvalue weighted by Crippen LogP contribution is -2.14. The van der Waals surface area contributed by atoms with Crippen LogP contribution in [0.25, 0.3) is 0 Å². The van der Waals surface area contributed by atoms with Gasteiger partial charge in [-0.3, -0.25) is 0 Å². The topological polar surface area (TPSA) is 121 Å². The maximum Gasteiger partial charge on any atom is 0.339 e. The summed E-state index contributed by atoms with van der Waals surface area (Å²) in [4.78, 5) is 10.9. The quantitative estimate of drug-likeness (QED) is 0.571. The number of carboxylic acid groups (broad SMARTS) is 1. The molecule has 0 bridgehead atoms. The van der Waals surface area contributed by atoms with E-state index in [9.17, 15) is 23.4 Å². The van der Waals surface area contributed by atoms with Crippen molar-refractivity contribution in [1.29, 1.82) is 0 Å². The normalized spacial score (nSPS) is 11.3. The second-order valence-electron chi connectivity index (χ2n) is 5.41. The summed E-state index contributed by atoms with van der Waals surface area (Å²) in [6.07, 6.45) is 0. The smallest absolute Gasteiger partial charge is 0.339 e. The van der Waals surface area contributed by atoms with Crippen molar-refractivity contribution in [3.8, 4) is 17.2 Å². The van der Waals surface area contributed by atoms with Crippen LogP contribution in [0, 0.1) is 20.8 Å². The number of hydrogen-bond acceptors (Lipinski definition) is 6. The van der Waals surface area contributed by atoms with Crippen LogP contribution >= 0.6 is 0 Å². The summed E-state index contributed by atoms with van der Waals surface area (Å²) in [5.41, 5.74) is 1.35. The average Bonchev–Trinajstić information content (AvgIpc) is 2.41. The third kappa shape index (κ3) is 3.28. The Kier molecular flexibility index (Phi) is 4.44. The minimum Gasteiger partial charge on any atom is -0.504 e. The van der Waals surface area contributed by atoms with Gasteiger partial charge in [0.05, 0.1) is 5.56 Å². The standard InChI is InChI=1S/C16H16O7S/c1-8-4-9(2)15(10(3)5-8)24(21,22)23-13-7-11(16(19)20)6-12(17)14(13)18/h4-7,17-18H,1-3H3,(H,19,20). The summed E-state index contributed by atoms with van der Waals surface area (Å²) in [6.45, 7) is 5.01. The number of phenols is 2. The fourth-order valence-electron chi connectivity index (χ4n) is 2.50. The van der Waals surface area contributed by atoms with Crippen LogP contribution in [0.15, 0.2) is 29.2 Å². The van der Waals surface area contributed by atoms with E-state index in [4.69, 9.17) is 9.29 Å². The van der Waals surface area contributed by atoms with Crippen LogP contribution in [-0.2, 0) is 10.1 Å². The van der Waals surface area contributed by atoms with Gasteiger partial charge in [-0.25, -0.2) is 4.79 Å². The summed E-state index contributed by atoms with van der Waals surface area (Å²) >= 11 is 0. The first-order valence-corrected chi connectivity index (χ1v) is 8.25. The van der Waals surface area contributed by atoms with Crippen molar-refractivity contribution < 1.29 is 32.7 Å². The van der Waals surface area contributed by atoms with Crippen LogP contribution in [-0.4, -0.2) is 29.7 Å². The minimum absolute atomic E-state index is 0.0762. The van der Waals surface area contributed by atoms with Crippen LogP contribution in [0.4, 0.5) is 0 Å². The molecule has 0 aromatic heterocycles. The maximum atomic E-state index is 12.5. The van der Waals surface area contributed by atoms with E-state index in [2.05, 4.69) is 0 Å². The molecular formula is C16H16O7S. The number of aryl methyl sites for hydroxylation is 3. The number of benzene rings is 2. The third-order valence-electron chi connectivity index (χ3n) is 3.36. The molecule has 8 heteroatoms. The van der Waals surface area contributed by atoms with Crippen LogP contribution in [0.5, 0.6) is 17.2 Å². The van der Waals surface area contributed by atoms with Crippen molar-refractivity contribution in [2.24, 2.45) is 0 Å². The van der Waals surface area contributed by atoms with Gasteiger partial charge in [-0.15, -0.1) is 0 Å². The molecule has 0 fully saturated rings. The SMILES string of the molecule is Cc1cc(C)c(S(=O)(=O)Oc2cc(C(=O)O)cc(O)c2O)c(C)c1. The summed E-state index contributed by atoms with van der Waals surface area (Å²) in [6, 6.07) is 4.94. The van der Waals surface area contributed by atoms with Crippen molar-refractivity contribution in [2.75, 3.05) is 0 Å². The van der Waals surface area contributed by atoms with E-state index in [0.29, 0.717) is 11.1 Å². The van der Waals surface area contributed by atoms with Gasteiger partial charge >= 0.3 is 16.1 Å². The van der Waals surface area contributed by atoms with Gasteiger partial charge in [-0.1, -0.05) is 17.7 Å². The molecule has 3 N–H and O–H groups in total. The molecule has 0 saturated carbocycles. The van der Waals surface area contributed by atoms with E-state index in [0.717, 1.165) is 17.7 Å². The minimum atomic E-state index is -4.34. The lowest BCUT2D eigenvalue weighted by Gasteiger charge is -2.14. The molecule has 0 aliphatic heterocycles. The number of carbonyl (C=O) groups is 1. The molecule has 2 aromatic rings. The zero-order chi connectivity index (χ0) is 18.2. The van der Waals surface area contributed by atoms with E-state index >= 15 is 0 Å². The second kappa shape index (κ2) is 6.04. The molecule has 0 radical (unpaired) electrons. The van der Waals surface area contributed by atoms with Crippen molar-refractivity contribution in [2.45, 2.75) is 25.7 Å². The molecule has 0 amide bonds. The molecule has 0 atom stereocenters. The van der Waals surface area contributed by atoms with E-state index in [1.165, 1.54) is 0 Å². The lowest BCUT2D eigenvalue weighted by molar-refractivity contribution is 0.0696. The number of rotatable bonds is 4. The first-order valence-electron chi connectivity index (χ1n) is 6.84. The van der Waals surface area contributed by atoms with Gasteiger partial charge in [0.1, 0.15) is 4.90 Å². The van der Waals surface area contributed by atoms with E-state index < -0.39 is 38.9 Å². The van der Waals surface area contributed by atoms with Gasteiger partial charge in [-0.05, 0) is 38.0 Å². The molecule has 0 aliphatic rings. The fraction of sp³-hybridized carbons (Fsp3) is 0.188. The monoisotopic (exact) mass is 352 g/mol. The first kappa shape index (κ1) is 17.6. The molecule has 24 heavy (non-hydrogen) atoms. The largest absolute Gasteiger partial charge is 0.504 e. The van der Waals surface area contributed by atoms with Gasteiger partial charge in [0.2, 0.25) is 5.75 Å². The van der Waals surface area contributed by atoms with Gasteiger partial charge in [0.15, 0.2) is 11.5 Å². The zero-order valence-corrected chi connectivity index (χ0v) is 14.0. The van der Waals surface area contributed by atoms with Gasteiger partial charge in [0, 0.05) is 6.07 Å². The molecule has 0 aliphatic carbocycles. The molecule has 0 saturated heterocycles. The number of aromatic hydroxyl groups is 2. The van der Waals surface area contributed by atoms with Gasteiger partial charge < -0.3 is 19.5 Å². The summed E-state index contributed by atoms with van der Waals surface area (Å²) in [5, 5.41) is 28.3. The van der Waals surface area contributed by atoms with Gasteiger partial charge in [-0.2, -0.15) is 8.42 Å². The second-order valence-corrected chi connectivity index (χ2v) is 6.90. The zero-order valence-electron chi connectivity index (χ0n) is 13.2. The van der Waals surface area contributed by atoms with Crippen molar-refractivity contribution in [3.63, 3.8) is 0 Å². The molecule has 2 aromatic carbocycles. The van der Waals surface area contributed by atoms with Crippen LogP contribution in [0.1, 0.15) is 27.0 Å². The maximum absolute atomic E-state index is 12.5. The Hall–Kier alpha value is -2.74. The Balaban J connectivity index is 2.57. The average molecular weight is 352 g/mol. The molecule has 0 spiro atoms. The molecule has 0 heterocycles. The summed E-state index contributed by atoms with van der Waals surface area (Å²) < 4.78 is 30.0. The summed E-state index contributed by atoms with van der Waals surface area (Å²) in [7, 11) is -4.34.